The Labute approximate surface area is 290 Å². The molecule has 2 heterocycles. The van der Waals surface area contributed by atoms with Crippen molar-refractivity contribution in [2.75, 3.05) is 0 Å². The predicted molar refractivity (Wildman–Crippen MR) is 194 cm³/mol. The molecule has 256 valence electrons. The fourth-order valence-corrected chi connectivity index (χ4v) is 7.65. The second-order valence-corrected chi connectivity index (χ2v) is 13.6. The highest BCUT2D eigenvalue weighted by atomic mass is 19.4. The summed E-state index contributed by atoms with van der Waals surface area (Å²) in [5, 5.41) is 3.18. The van der Waals surface area contributed by atoms with E-state index in [0.29, 0.717) is 22.1 Å². The number of halogens is 6. The van der Waals surface area contributed by atoms with E-state index in [9.17, 15) is 13.2 Å². The van der Waals surface area contributed by atoms with Crippen molar-refractivity contribution in [3.8, 4) is 22.5 Å². The number of nitrogens with zero attached hydrogens (tertiary/aromatic N) is 2. The number of rotatable bonds is 3. The zero-order valence-electron chi connectivity index (χ0n) is 28.5. The molecular formula is C43H32F6N2. The van der Waals surface area contributed by atoms with Gasteiger partial charge in [0.2, 0.25) is 0 Å². The Morgan fingerprint density at radius 1 is 0.431 bits per heavy atom. The van der Waals surface area contributed by atoms with Crippen LogP contribution in [-0.4, -0.2) is 9.13 Å². The third-order valence-electron chi connectivity index (χ3n) is 9.88. The van der Waals surface area contributed by atoms with Crippen molar-refractivity contribution >= 4 is 43.6 Å². The van der Waals surface area contributed by atoms with Crippen molar-refractivity contribution in [2.24, 2.45) is 0 Å². The van der Waals surface area contributed by atoms with E-state index in [0.717, 1.165) is 55.9 Å². The summed E-state index contributed by atoms with van der Waals surface area (Å²) in [4.78, 5) is 0. The van der Waals surface area contributed by atoms with Crippen molar-refractivity contribution in [2.45, 2.75) is 47.0 Å². The number of aromatic nitrogens is 2. The maximum atomic E-state index is 15.9. The third-order valence-corrected chi connectivity index (χ3v) is 9.88. The molecule has 0 saturated heterocycles. The molecular weight excluding hydrogens is 658 g/mol. The second-order valence-electron chi connectivity index (χ2n) is 13.6. The van der Waals surface area contributed by atoms with Gasteiger partial charge in [-0.3, -0.25) is 0 Å². The van der Waals surface area contributed by atoms with Crippen molar-refractivity contribution in [3.63, 3.8) is 0 Å². The lowest BCUT2D eigenvalue weighted by atomic mass is 9.92. The van der Waals surface area contributed by atoms with Crippen molar-refractivity contribution in [3.05, 3.63) is 142 Å². The van der Waals surface area contributed by atoms with Crippen molar-refractivity contribution < 1.29 is 26.3 Å². The van der Waals surface area contributed by atoms with E-state index in [2.05, 4.69) is 0 Å². The molecule has 2 aromatic heterocycles. The maximum absolute atomic E-state index is 15.9. The number of aryl methyl sites for hydroxylation is 5. The molecule has 0 atom stereocenters. The molecule has 0 amide bonds. The summed E-state index contributed by atoms with van der Waals surface area (Å²) in [6, 6.07) is 29.2. The number of hydrogen-bond acceptors (Lipinski definition) is 0. The van der Waals surface area contributed by atoms with Gasteiger partial charge in [-0.15, -0.1) is 0 Å². The standard InChI is InChI=1S/C43H32F6N2/c1-23-9-13-29-30-14-10-24(2)18-36(30)50(35(29)17-23)39-22-28(40-27(5)7-6-8-33(40)42(44,45)46)21-34(43(47,48)49)41(39)51-37-19-25(3)11-15-31(37)32-16-12-26(4)20-38(32)51/h6-22H,1-5H3. The minimum atomic E-state index is -4.96. The second kappa shape index (κ2) is 11.3. The van der Waals surface area contributed by atoms with Crippen LogP contribution in [0.15, 0.2) is 103 Å². The third kappa shape index (κ3) is 5.19. The van der Waals surface area contributed by atoms with Crippen molar-refractivity contribution in [1.82, 2.24) is 9.13 Å². The van der Waals surface area contributed by atoms with Crippen LogP contribution in [-0.2, 0) is 12.4 Å². The normalized spacial score (nSPS) is 12.6. The summed E-state index contributed by atoms with van der Waals surface area (Å²) in [7, 11) is 0. The van der Waals surface area contributed by atoms with Gasteiger partial charge in [0.05, 0.1) is 44.6 Å². The Kier molecular flexibility index (Phi) is 7.21. The number of fused-ring (bicyclic) bond motifs is 6. The zero-order valence-corrected chi connectivity index (χ0v) is 28.5. The first-order chi connectivity index (χ1) is 24.1. The summed E-state index contributed by atoms with van der Waals surface area (Å²) in [5.74, 6) is 0. The predicted octanol–water partition coefficient (Wildman–Crippen LogP) is 13.1. The van der Waals surface area contributed by atoms with E-state index < -0.39 is 23.5 Å². The Balaban J connectivity index is 1.67. The van der Waals surface area contributed by atoms with Crippen LogP contribution in [0.3, 0.4) is 0 Å². The summed E-state index contributed by atoms with van der Waals surface area (Å²) < 4.78 is 94.9. The monoisotopic (exact) mass is 690 g/mol. The van der Waals surface area contributed by atoms with E-state index >= 15 is 13.2 Å². The molecule has 6 aromatic carbocycles. The van der Waals surface area contributed by atoms with Gasteiger partial charge in [0.25, 0.3) is 0 Å². The largest absolute Gasteiger partial charge is 0.418 e. The fraction of sp³-hybridized carbons (Fsp3) is 0.163. The molecule has 0 bridgehead atoms. The SMILES string of the molecule is Cc1ccc2c3ccc(C)cc3n(-c3cc(-c4c(C)cccc4C(F)(F)F)cc(C(F)(F)F)c3-n3c4cc(C)ccc4c4ccc(C)cc43)c2c1. The molecule has 2 nitrogen and oxygen atoms in total. The Bertz CT molecular complexity index is 2600. The summed E-state index contributed by atoms with van der Waals surface area (Å²) in [6.07, 6.45) is -9.76. The Morgan fingerprint density at radius 3 is 1.25 bits per heavy atom. The maximum Gasteiger partial charge on any atom is 0.418 e. The minimum absolute atomic E-state index is 0.120. The Morgan fingerprint density at radius 2 is 0.843 bits per heavy atom. The summed E-state index contributed by atoms with van der Waals surface area (Å²) >= 11 is 0. The van der Waals surface area contributed by atoms with Gasteiger partial charge in [0, 0.05) is 21.5 Å². The first-order valence-corrected chi connectivity index (χ1v) is 16.6. The molecule has 0 saturated carbocycles. The number of benzene rings is 6. The zero-order chi connectivity index (χ0) is 36.1. The molecule has 0 N–H and O–H groups in total. The van der Waals surface area contributed by atoms with Crippen LogP contribution in [0.1, 0.15) is 38.9 Å². The highest BCUT2D eigenvalue weighted by Crippen LogP contribution is 2.48. The topological polar surface area (TPSA) is 9.86 Å². The fourth-order valence-electron chi connectivity index (χ4n) is 7.65. The number of alkyl halides is 6. The van der Waals surface area contributed by atoms with Crippen LogP contribution in [0, 0.1) is 34.6 Å². The van der Waals surface area contributed by atoms with Crippen molar-refractivity contribution in [1.29, 1.82) is 0 Å². The first kappa shape index (κ1) is 32.7. The molecule has 51 heavy (non-hydrogen) atoms. The highest BCUT2D eigenvalue weighted by molar-refractivity contribution is 6.12. The summed E-state index contributed by atoms with van der Waals surface area (Å²) in [6.45, 7) is 9.09. The lowest BCUT2D eigenvalue weighted by Gasteiger charge is -2.24. The molecule has 0 radical (unpaired) electrons. The average molecular weight is 691 g/mol. The van der Waals surface area contributed by atoms with Gasteiger partial charge in [-0.05, 0) is 116 Å². The Hall–Kier alpha value is -5.50. The molecule has 8 rings (SSSR count). The molecule has 0 aliphatic rings. The lowest BCUT2D eigenvalue weighted by molar-refractivity contribution is -0.137. The quantitative estimate of drug-likeness (QED) is 0.163. The van der Waals surface area contributed by atoms with Gasteiger partial charge in [0.1, 0.15) is 0 Å². The highest BCUT2D eigenvalue weighted by Gasteiger charge is 2.40. The van der Waals surface area contributed by atoms with Gasteiger partial charge in [-0.25, -0.2) is 0 Å². The molecule has 0 unspecified atom stereocenters. The molecule has 0 aliphatic heterocycles. The van der Waals surface area contributed by atoms with Crippen LogP contribution in [0.2, 0.25) is 0 Å². The van der Waals surface area contributed by atoms with Crippen LogP contribution in [0.5, 0.6) is 0 Å². The lowest BCUT2D eigenvalue weighted by Crippen LogP contribution is -2.16. The van der Waals surface area contributed by atoms with Crippen LogP contribution in [0.4, 0.5) is 26.3 Å². The molecule has 0 spiro atoms. The summed E-state index contributed by atoms with van der Waals surface area (Å²) in [5.41, 5.74) is 3.60. The first-order valence-electron chi connectivity index (χ1n) is 16.6. The van der Waals surface area contributed by atoms with E-state index in [1.807, 2.05) is 100 Å². The smallest absolute Gasteiger partial charge is 0.307 e. The van der Waals surface area contributed by atoms with Gasteiger partial charge in [0.15, 0.2) is 0 Å². The van der Waals surface area contributed by atoms with Crippen LogP contribution >= 0.6 is 0 Å². The average Bonchev–Trinajstić information content (AvgIpc) is 3.53. The number of hydrogen-bond donors (Lipinski definition) is 0. The molecule has 0 fully saturated rings. The molecule has 8 heteroatoms. The van der Waals surface area contributed by atoms with E-state index in [4.69, 9.17) is 0 Å². The molecule has 8 aromatic rings. The molecule has 0 aliphatic carbocycles. The van der Waals surface area contributed by atoms with Gasteiger partial charge < -0.3 is 9.13 Å². The van der Waals surface area contributed by atoms with E-state index in [-0.39, 0.29) is 28.1 Å². The minimum Gasteiger partial charge on any atom is -0.307 e. The van der Waals surface area contributed by atoms with Gasteiger partial charge >= 0.3 is 12.4 Å². The van der Waals surface area contributed by atoms with Gasteiger partial charge in [-0.2, -0.15) is 26.3 Å². The van der Waals surface area contributed by atoms with E-state index in [1.165, 1.54) is 25.1 Å². The van der Waals surface area contributed by atoms with Crippen LogP contribution < -0.4 is 0 Å². The van der Waals surface area contributed by atoms with Gasteiger partial charge in [-0.1, -0.05) is 60.7 Å². The van der Waals surface area contributed by atoms with Crippen LogP contribution in [0.25, 0.3) is 66.1 Å². The van der Waals surface area contributed by atoms with E-state index in [1.54, 1.807) is 9.13 Å².